The van der Waals surface area contributed by atoms with Crippen molar-refractivity contribution in [1.82, 2.24) is 20.2 Å². The molecule has 0 spiro atoms. The van der Waals surface area contributed by atoms with Gasteiger partial charge in [-0.1, -0.05) is 0 Å². The third kappa shape index (κ3) is 5.45. The molecule has 1 heterocycles. The molecule has 1 aromatic heterocycles. The summed E-state index contributed by atoms with van der Waals surface area (Å²) >= 11 is 0. The van der Waals surface area contributed by atoms with E-state index in [1.54, 1.807) is 7.05 Å². The van der Waals surface area contributed by atoms with Crippen LogP contribution in [-0.2, 0) is 21.3 Å². The van der Waals surface area contributed by atoms with E-state index in [1.807, 2.05) is 0 Å². The van der Waals surface area contributed by atoms with Gasteiger partial charge in [0.1, 0.15) is 6.61 Å². The summed E-state index contributed by atoms with van der Waals surface area (Å²) in [7, 11) is -2.21. The van der Waals surface area contributed by atoms with Gasteiger partial charge in [0.25, 0.3) is 10.0 Å². The van der Waals surface area contributed by atoms with E-state index in [9.17, 15) is 21.6 Å². The van der Waals surface area contributed by atoms with Crippen molar-refractivity contribution in [3.63, 3.8) is 0 Å². The molecular weight excluding hydrogens is 301 g/mol. The molecule has 7 nitrogen and oxygen atoms in total. The maximum Gasteiger partial charge on any atom is 0.411 e. The van der Waals surface area contributed by atoms with Gasteiger partial charge in [-0.3, -0.25) is 5.10 Å². The average Bonchev–Trinajstić information content (AvgIpc) is 2.76. The first-order chi connectivity index (χ1) is 9.26. The average molecular weight is 316 g/mol. The van der Waals surface area contributed by atoms with Crippen molar-refractivity contribution in [3.8, 4) is 0 Å². The number of sulfonamides is 1. The van der Waals surface area contributed by atoms with E-state index in [0.717, 1.165) is 0 Å². The van der Waals surface area contributed by atoms with Crippen LogP contribution in [-0.4, -0.2) is 51.6 Å². The monoisotopic (exact) mass is 316 g/mol. The first kappa shape index (κ1) is 16.9. The second-order valence-electron chi connectivity index (χ2n) is 3.82. The fraction of sp³-hybridized carbons (Fsp3) is 0.667. The summed E-state index contributed by atoms with van der Waals surface area (Å²) in [5.41, 5.74) is 0.427. The van der Waals surface area contributed by atoms with E-state index in [-0.39, 0.29) is 24.7 Å². The number of aromatic nitrogens is 2. The van der Waals surface area contributed by atoms with Crippen LogP contribution in [0, 0.1) is 0 Å². The van der Waals surface area contributed by atoms with Crippen molar-refractivity contribution < 1.29 is 26.3 Å². The summed E-state index contributed by atoms with van der Waals surface area (Å²) in [6, 6.07) is 0. The predicted molar refractivity (Wildman–Crippen MR) is 63.4 cm³/mol. The molecule has 0 saturated carbocycles. The maximum absolute atomic E-state index is 11.9. The van der Waals surface area contributed by atoms with Gasteiger partial charge in [0.2, 0.25) is 0 Å². The van der Waals surface area contributed by atoms with Crippen molar-refractivity contribution in [3.05, 3.63) is 11.8 Å². The Balaban J connectivity index is 2.48. The molecule has 0 aliphatic carbocycles. The SMILES string of the molecule is CNCc1cn[nH]c1S(=O)(=O)NCCOCC(F)(F)F. The van der Waals surface area contributed by atoms with Crippen LogP contribution in [0.25, 0.3) is 0 Å². The third-order valence-electron chi connectivity index (χ3n) is 2.12. The Morgan fingerprint density at radius 1 is 1.45 bits per heavy atom. The number of alkyl halides is 3. The summed E-state index contributed by atoms with van der Waals surface area (Å²) in [4.78, 5) is 0. The van der Waals surface area contributed by atoms with Crippen LogP contribution in [0.2, 0.25) is 0 Å². The quantitative estimate of drug-likeness (QED) is 0.586. The van der Waals surface area contributed by atoms with Gasteiger partial charge < -0.3 is 10.1 Å². The lowest BCUT2D eigenvalue weighted by molar-refractivity contribution is -0.173. The zero-order valence-corrected chi connectivity index (χ0v) is 11.4. The molecule has 20 heavy (non-hydrogen) atoms. The van der Waals surface area contributed by atoms with Gasteiger partial charge in [0, 0.05) is 18.7 Å². The second-order valence-corrected chi connectivity index (χ2v) is 5.52. The Bertz CT molecular complexity index is 515. The molecule has 0 aliphatic rings. The van der Waals surface area contributed by atoms with Gasteiger partial charge in [-0.25, -0.2) is 13.1 Å². The zero-order valence-electron chi connectivity index (χ0n) is 10.6. The van der Waals surface area contributed by atoms with Crippen molar-refractivity contribution in [2.45, 2.75) is 17.7 Å². The first-order valence-corrected chi connectivity index (χ1v) is 7.05. The number of nitrogens with one attached hydrogen (secondary N) is 3. The number of nitrogens with zero attached hydrogens (tertiary/aromatic N) is 1. The standard InChI is InChI=1S/C9H15F3N4O3S/c1-13-4-7-5-14-16-8(7)20(17,18)15-2-3-19-6-9(10,11)12/h5,13,15H,2-4,6H2,1H3,(H,14,16). The Morgan fingerprint density at radius 2 is 2.15 bits per heavy atom. The Labute approximate surface area is 113 Å². The van der Waals surface area contributed by atoms with Crippen molar-refractivity contribution in [2.75, 3.05) is 26.8 Å². The molecule has 0 saturated heterocycles. The molecule has 0 fully saturated rings. The van der Waals surface area contributed by atoms with Crippen LogP contribution in [0.4, 0.5) is 13.2 Å². The van der Waals surface area contributed by atoms with Gasteiger partial charge >= 0.3 is 6.18 Å². The fourth-order valence-electron chi connectivity index (χ4n) is 1.36. The Morgan fingerprint density at radius 3 is 2.75 bits per heavy atom. The Hall–Kier alpha value is -1.17. The molecule has 116 valence electrons. The minimum Gasteiger partial charge on any atom is -0.371 e. The molecule has 1 rings (SSSR count). The summed E-state index contributed by atoms with van der Waals surface area (Å²) in [6.07, 6.45) is -3.08. The van der Waals surface area contributed by atoms with Gasteiger partial charge in [0.15, 0.2) is 5.03 Å². The summed E-state index contributed by atoms with van der Waals surface area (Å²) in [5, 5.41) is 8.61. The molecule has 0 unspecified atom stereocenters. The summed E-state index contributed by atoms with van der Waals surface area (Å²) < 4.78 is 65.5. The maximum atomic E-state index is 11.9. The van der Waals surface area contributed by atoms with Crippen LogP contribution in [0.3, 0.4) is 0 Å². The molecule has 0 aliphatic heterocycles. The van der Waals surface area contributed by atoms with E-state index in [2.05, 4.69) is 25.0 Å². The highest BCUT2D eigenvalue weighted by Gasteiger charge is 2.27. The minimum absolute atomic E-state index is 0.123. The Kier molecular flexibility index (Phi) is 5.92. The lowest BCUT2D eigenvalue weighted by Gasteiger charge is -2.09. The number of ether oxygens (including phenoxy) is 1. The number of aromatic amines is 1. The summed E-state index contributed by atoms with van der Waals surface area (Å²) in [6.45, 7) is -1.77. The highest BCUT2D eigenvalue weighted by molar-refractivity contribution is 7.89. The number of hydrogen-bond acceptors (Lipinski definition) is 5. The topological polar surface area (TPSA) is 96.1 Å². The molecule has 0 amide bonds. The highest BCUT2D eigenvalue weighted by Crippen LogP contribution is 2.14. The lowest BCUT2D eigenvalue weighted by Crippen LogP contribution is -2.30. The first-order valence-electron chi connectivity index (χ1n) is 5.57. The molecule has 0 radical (unpaired) electrons. The molecule has 1 aromatic rings. The predicted octanol–water partition coefficient (Wildman–Crippen LogP) is -0.0137. The molecule has 0 aromatic carbocycles. The molecule has 0 bridgehead atoms. The van der Waals surface area contributed by atoms with Gasteiger partial charge in [0.05, 0.1) is 12.8 Å². The van der Waals surface area contributed by atoms with Gasteiger partial charge in [-0.15, -0.1) is 0 Å². The van der Waals surface area contributed by atoms with Crippen LogP contribution in [0.1, 0.15) is 5.56 Å². The van der Waals surface area contributed by atoms with E-state index in [4.69, 9.17) is 0 Å². The van der Waals surface area contributed by atoms with Gasteiger partial charge in [-0.2, -0.15) is 18.3 Å². The fourth-order valence-corrected chi connectivity index (χ4v) is 2.50. The van der Waals surface area contributed by atoms with Crippen molar-refractivity contribution >= 4 is 10.0 Å². The zero-order chi connectivity index (χ0) is 15.2. The molecule has 11 heteroatoms. The molecule has 0 atom stereocenters. The minimum atomic E-state index is -4.43. The largest absolute Gasteiger partial charge is 0.411 e. The van der Waals surface area contributed by atoms with E-state index < -0.39 is 22.8 Å². The third-order valence-corrected chi connectivity index (χ3v) is 3.59. The van der Waals surface area contributed by atoms with Crippen molar-refractivity contribution in [1.29, 1.82) is 0 Å². The van der Waals surface area contributed by atoms with Crippen molar-refractivity contribution in [2.24, 2.45) is 0 Å². The van der Waals surface area contributed by atoms with Crippen LogP contribution in [0.5, 0.6) is 0 Å². The number of hydrogen-bond donors (Lipinski definition) is 3. The van der Waals surface area contributed by atoms with Crippen LogP contribution in [0.15, 0.2) is 11.2 Å². The van der Waals surface area contributed by atoms with Crippen LogP contribution < -0.4 is 10.0 Å². The number of rotatable bonds is 8. The second kappa shape index (κ2) is 7.02. The van der Waals surface area contributed by atoms with Crippen LogP contribution >= 0.6 is 0 Å². The number of halogens is 3. The van der Waals surface area contributed by atoms with E-state index in [1.165, 1.54) is 6.20 Å². The number of H-pyrrole nitrogens is 1. The normalized spacial score (nSPS) is 12.8. The smallest absolute Gasteiger partial charge is 0.371 e. The molecule has 3 N–H and O–H groups in total. The van der Waals surface area contributed by atoms with E-state index >= 15 is 0 Å². The summed E-state index contributed by atoms with van der Waals surface area (Å²) in [5.74, 6) is 0. The molecular formula is C9H15F3N4O3S. The van der Waals surface area contributed by atoms with Gasteiger partial charge in [-0.05, 0) is 7.05 Å². The van der Waals surface area contributed by atoms with E-state index in [0.29, 0.717) is 5.56 Å². The lowest BCUT2D eigenvalue weighted by atomic mass is 10.4. The highest BCUT2D eigenvalue weighted by atomic mass is 32.2.